The van der Waals surface area contributed by atoms with Gasteiger partial charge in [-0.15, -0.1) is 0 Å². The van der Waals surface area contributed by atoms with Gasteiger partial charge in [-0.3, -0.25) is 4.68 Å². The molecule has 1 saturated heterocycles. The Kier molecular flexibility index (Phi) is 2.93. The first-order valence-electron chi connectivity index (χ1n) is 5.49. The van der Waals surface area contributed by atoms with Gasteiger partial charge in [0.15, 0.2) is 5.84 Å². The van der Waals surface area contributed by atoms with Gasteiger partial charge >= 0.3 is 0 Å². The van der Waals surface area contributed by atoms with Crippen LogP contribution >= 0.6 is 0 Å². The van der Waals surface area contributed by atoms with Gasteiger partial charge < -0.3 is 20.9 Å². The highest BCUT2D eigenvalue weighted by molar-refractivity contribution is 6.02. The normalized spacial score (nSPS) is 21.2. The number of nitrogens with two attached hydrogens (primary N) is 1. The lowest BCUT2D eigenvalue weighted by molar-refractivity contribution is 0.198. The van der Waals surface area contributed by atoms with E-state index in [0.717, 1.165) is 18.8 Å². The summed E-state index contributed by atoms with van der Waals surface area (Å²) in [6.07, 6.45) is 0.394. The molecule has 1 aromatic heterocycles. The Bertz CT molecular complexity index is 454. The Morgan fingerprint density at radius 1 is 1.59 bits per heavy atom. The molecule has 7 nitrogen and oxygen atoms in total. The highest BCUT2D eigenvalue weighted by Gasteiger charge is 2.27. The van der Waals surface area contributed by atoms with Crippen molar-refractivity contribution in [2.45, 2.75) is 19.4 Å². The second kappa shape index (κ2) is 4.25. The van der Waals surface area contributed by atoms with Crippen LogP contribution in [-0.2, 0) is 7.05 Å². The van der Waals surface area contributed by atoms with E-state index < -0.39 is 0 Å². The predicted molar refractivity (Wildman–Crippen MR) is 63.3 cm³/mol. The molecule has 1 aliphatic heterocycles. The van der Waals surface area contributed by atoms with E-state index in [1.165, 1.54) is 0 Å². The van der Waals surface area contributed by atoms with Gasteiger partial charge in [-0.1, -0.05) is 5.16 Å². The largest absolute Gasteiger partial charge is 0.409 e. The summed E-state index contributed by atoms with van der Waals surface area (Å²) in [7, 11) is 1.81. The first-order valence-corrected chi connectivity index (χ1v) is 5.49. The van der Waals surface area contributed by atoms with Gasteiger partial charge in [0.05, 0.1) is 17.4 Å². The van der Waals surface area contributed by atoms with Gasteiger partial charge in [0.1, 0.15) is 5.82 Å². The van der Waals surface area contributed by atoms with Crippen LogP contribution in [0, 0.1) is 6.92 Å². The van der Waals surface area contributed by atoms with Crippen molar-refractivity contribution in [3.05, 3.63) is 11.3 Å². The molecular formula is C10H17N5O2. The summed E-state index contributed by atoms with van der Waals surface area (Å²) in [5, 5.41) is 25.7. The zero-order valence-corrected chi connectivity index (χ0v) is 9.96. The summed E-state index contributed by atoms with van der Waals surface area (Å²) < 4.78 is 1.70. The highest BCUT2D eigenvalue weighted by Crippen LogP contribution is 2.26. The number of aliphatic hydroxyl groups excluding tert-OH is 1. The van der Waals surface area contributed by atoms with E-state index in [2.05, 4.69) is 10.3 Å². The number of amidine groups is 1. The number of oxime groups is 1. The molecule has 0 aromatic carbocycles. The molecular weight excluding hydrogens is 222 g/mol. The number of hydrogen-bond acceptors (Lipinski definition) is 5. The summed E-state index contributed by atoms with van der Waals surface area (Å²) in [6, 6.07) is 0. The van der Waals surface area contributed by atoms with Crippen molar-refractivity contribution in [3.63, 3.8) is 0 Å². The molecule has 1 unspecified atom stereocenters. The molecule has 17 heavy (non-hydrogen) atoms. The van der Waals surface area contributed by atoms with Crippen molar-refractivity contribution in [2.24, 2.45) is 17.9 Å². The first-order chi connectivity index (χ1) is 8.04. The zero-order valence-electron chi connectivity index (χ0n) is 9.96. The van der Waals surface area contributed by atoms with Crippen molar-refractivity contribution in [1.82, 2.24) is 9.78 Å². The van der Waals surface area contributed by atoms with Crippen molar-refractivity contribution >= 4 is 11.7 Å². The number of rotatable bonds is 2. The van der Waals surface area contributed by atoms with E-state index in [4.69, 9.17) is 10.9 Å². The average Bonchev–Trinajstić information content (AvgIpc) is 2.81. The van der Waals surface area contributed by atoms with E-state index in [0.29, 0.717) is 17.8 Å². The third-order valence-corrected chi connectivity index (χ3v) is 3.02. The fraction of sp³-hybridized carbons (Fsp3) is 0.600. The Hall–Kier alpha value is -1.76. The third kappa shape index (κ3) is 1.93. The maximum absolute atomic E-state index is 9.56. The van der Waals surface area contributed by atoms with Crippen LogP contribution in [0.3, 0.4) is 0 Å². The molecule has 0 radical (unpaired) electrons. The van der Waals surface area contributed by atoms with Crippen molar-refractivity contribution in [1.29, 1.82) is 0 Å². The molecule has 1 aromatic rings. The minimum atomic E-state index is -0.328. The molecule has 0 saturated carbocycles. The number of nitrogens with zero attached hydrogens (tertiary/aromatic N) is 4. The van der Waals surface area contributed by atoms with Crippen LogP contribution in [0.15, 0.2) is 5.16 Å². The van der Waals surface area contributed by atoms with Gasteiger partial charge in [0.25, 0.3) is 0 Å². The minimum absolute atomic E-state index is 0.0481. The number of aryl methyl sites for hydroxylation is 2. The van der Waals surface area contributed by atoms with Gasteiger partial charge in [-0.2, -0.15) is 5.10 Å². The molecule has 0 spiro atoms. The lowest BCUT2D eigenvalue weighted by Gasteiger charge is -2.19. The lowest BCUT2D eigenvalue weighted by atomic mass is 10.2. The summed E-state index contributed by atoms with van der Waals surface area (Å²) in [6.45, 7) is 3.10. The maximum Gasteiger partial charge on any atom is 0.175 e. The Morgan fingerprint density at radius 2 is 2.29 bits per heavy atom. The zero-order chi connectivity index (χ0) is 12.6. The number of β-amino-alcohol motifs (C(OH)–C–C–N with tert-alkyl or cyclic N) is 1. The Morgan fingerprint density at radius 3 is 2.82 bits per heavy atom. The number of hydrogen-bond donors (Lipinski definition) is 3. The van der Waals surface area contributed by atoms with E-state index in [1.807, 2.05) is 11.8 Å². The number of aromatic nitrogens is 2. The average molecular weight is 239 g/mol. The van der Waals surface area contributed by atoms with E-state index in [9.17, 15) is 5.11 Å². The van der Waals surface area contributed by atoms with Gasteiger partial charge in [0.2, 0.25) is 0 Å². The second-order valence-electron chi connectivity index (χ2n) is 4.28. The Balaban J connectivity index is 2.45. The van der Waals surface area contributed by atoms with Gasteiger partial charge in [-0.25, -0.2) is 0 Å². The monoisotopic (exact) mass is 239 g/mol. The molecule has 2 heterocycles. The fourth-order valence-electron chi connectivity index (χ4n) is 2.29. The van der Waals surface area contributed by atoms with Crippen LogP contribution in [0.2, 0.25) is 0 Å². The van der Waals surface area contributed by atoms with Crippen LogP contribution in [0.1, 0.15) is 17.7 Å². The molecule has 94 valence electrons. The van der Waals surface area contributed by atoms with E-state index in [1.54, 1.807) is 11.7 Å². The fourth-order valence-corrected chi connectivity index (χ4v) is 2.29. The Labute approximate surface area is 99.1 Å². The number of anilines is 1. The van der Waals surface area contributed by atoms with Crippen molar-refractivity contribution < 1.29 is 10.3 Å². The van der Waals surface area contributed by atoms with Crippen LogP contribution in [0.25, 0.3) is 0 Å². The van der Waals surface area contributed by atoms with Gasteiger partial charge in [-0.05, 0) is 13.3 Å². The van der Waals surface area contributed by atoms with Crippen LogP contribution in [0.4, 0.5) is 5.82 Å². The third-order valence-electron chi connectivity index (χ3n) is 3.02. The highest BCUT2D eigenvalue weighted by atomic mass is 16.4. The van der Waals surface area contributed by atoms with Crippen LogP contribution in [0.5, 0.6) is 0 Å². The van der Waals surface area contributed by atoms with Crippen molar-refractivity contribution in [2.75, 3.05) is 18.0 Å². The summed E-state index contributed by atoms with van der Waals surface area (Å²) in [5.74, 6) is 0.835. The lowest BCUT2D eigenvalue weighted by Crippen LogP contribution is -2.27. The van der Waals surface area contributed by atoms with E-state index in [-0.39, 0.29) is 11.9 Å². The quantitative estimate of drug-likeness (QED) is 0.277. The predicted octanol–water partition coefficient (Wildman–Crippen LogP) is -0.606. The summed E-state index contributed by atoms with van der Waals surface area (Å²) >= 11 is 0. The molecule has 0 amide bonds. The molecule has 7 heteroatoms. The molecule has 2 rings (SSSR count). The molecule has 0 bridgehead atoms. The SMILES string of the molecule is Cc1nn(C)c(N2CCC(O)C2)c1C(N)=NO. The topological polar surface area (TPSA) is 99.9 Å². The van der Waals surface area contributed by atoms with Crippen LogP contribution in [-0.4, -0.2) is 45.1 Å². The standard InChI is InChI=1S/C10H17N5O2/c1-6-8(9(11)13-17)10(14(2)12-6)15-4-3-7(16)5-15/h7,16-17H,3-5H2,1-2H3,(H2,11,13). The first kappa shape index (κ1) is 11.7. The number of aliphatic hydroxyl groups is 1. The van der Waals surface area contributed by atoms with Gasteiger partial charge in [0, 0.05) is 20.1 Å². The van der Waals surface area contributed by atoms with E-state index >= 15 is 0 Å². The van der Waals surface area contributed by atoms with Crippen LogP contribution < -0.4 is 10.6 Å². The molecule has 4 N–H and O–H groups in total. The van der Waals surface area contributed by atoms with Crippen molar-refractivity contribution in [3.8, 4) is 0 Å². The second-order valence-corrected chi connectivity index (χ2v) is 4.28. The maximum atomic E-state index is 9.56. The summed E-state index contributed by atoms with van der Waals surface area (Å²) in [5.41, 5.74) is 7.01. The smallest absolute Gasteiger partial charge is 0.175 e. The molecule has 1 aliphatic rings. The summed E-state index contributed by atoms with van der Waals surface area (Å²) in [4.78, 5) is 2.00. The molecule has 1 atom stereocenters. The molecule has 1 fully saturated rings. The molecule has 0 aliphatic carbocycles. The minimum Gasteiger partial charge on any atom is -0.409 e.